The lowest BCUT2D eigenvalue weighted by Gasteiger charge is -2.12. The Morgan fingerprint density at radius 3 is 2.54 bits per heavy atom. The molecule has 0 aliphatic carbocycles. The summed E-state index contributed by atoms with van der Waals surface area (Å²) < 4.78 is 24.8. The molecule has 0 aromatic rings. The van der Waals surface area contributed by atoms with Crippen LogP contribution in [0.4, 0.5) is 0 Å². The maximum atomic E-state index is 10.9. The van der Waals surface area contributed by atoms with E-state index < -0.39 is 39.0 Å². The molecule has 2 fully saturated rings. The summed E-state index contributed by atoms with van der Waals surface area (Å²) in [7, 11) is -4.06. The van der Waals surface area contributed by atoms with Gasteiger partial charge < -0.3 is 19.8 Å². The van der Waals surface area contributed by atoms with Gasteiger partial charge in [-0.3, -0.25) is 9.05 Å². The number of hydrogen-bond acceptors (Lipinski definition) is 6. The number of aliphatic hydroxyl groups is 2. The second kappa shape index (κ2) is 2.99. The van der Waals surface area contributed by atoms with Crippen molar-refractivity contribution >= 4 is 7.82 Å². The van der Waals surface area contributed by atoms with Gasteiger partial charge >= 0.3 is 7.82 Å². The van der Waals surface area contributed by atoms with Crippen molar-refractivity contribution in [2.24, 2.45) is 0 Å². The van der Waals surface area contributed by atoms with E-state index in [9.17, 15) is 4.57 Å². The van der Waals surface area contributed by atoms with Gasteiger partial charge in [-0.05, 0) is 0 Å². The van der Waals surface area contributed by atoms with Crippen LogP contribution in [0.5, 0.6) is 0 Å². The van der Waals surface area contributed by atoms with Crippen LogP contribution in [0, 0.1) is 0 Å². The van der Waals surface area contributed by atoms with Gasteiger partial charge in [-0.1, -0.05) is 0 Å². The third kappa shape index (κ3) is 1.53. The van der Waals surface area contributed by atoms with Crippen LogP contribution in [0.3, 0.4) is 0 Å². The highest BCUT2D eigenvalue weighted by Gasteiger charge is 2.56. The SMILES string of the molecule is O=P1(O)O[C@@H]2[C@@H](CO)OC(O)[C@@H]2O1. The predicted octanol–water partition coefficient (Wildman–Crippen LogP) is -1.42. The molecule has 0 spiro atoms. The molecule has 2 unspecified atom stereocenters. The minimum absolute atomic E-state index is 0.401. The van der Waals surface area contributed by atoms with E-state index in [0.717, 1.165) is 0 Å². The Balaban J connectivity index is 2.17. The Hall–Kier alpha value is -0.0100. The molecule has 7 nitrogen and oxygen atoms in total. The summed E-state index contributed by atoms with van der Waals surface area (Å²) in [4.78, 5) is 8.89. The van der Waals surface area contributed by atoms with Crippen molar-refractivity contribution in [2.45, 2.75) is 24.6 Å². The molecule has 2 saturated heterocycles. The molecule has 2 heterocycles. The first kappa shape index (κ1) is 9.54. The Morgan fingerprint density at radius 1 is 1.31 bits per heavy atom. The summed E-state index contributed by atoms with van der Waals surface area (Å²) >= 11 is 0. The van der Waals surface area contributed by atoms with Gasteiger partial charge in [0, 0.05) is 0 Å². The first-order chi connectivity index (χ1) is 6.03. The summed E-state index contributed by atoms with van der Waals surface area (Å²) in [6, 6.07) is 0. The predicted molar refractivity (Wildman–Crippen MR) is 37.5 cm³/mol. The first-order valence-corrected chi connectivity index (χ1v) is 5.17. The van der Waals surface area contributed by atoms with E-state index >= 15 is 0 Å². The van der Waals surface area contributed by atoms with Crippen molar-refractivity contribution < 1.29 is 33.5 Å². The fraction of sp³-hybridized carbons (Fsp3) is 1.00. The number of rotatable bonds is 1. The summed E-state index contributed by atoms with van der Waals surface area (Å²) in [6.07, 6.45) is -4.02. The molecule has 76 valence electrons. The minimum Gasteiger partial charge on any atom is -0.394 e. The fourth-order valence-corrected chi connectivity index (χ4v) is 2.57. The molecule has 0 amide bonds. The van der Waals surface area contributed by atoms with Gasteiger partial charge in [-0.25, -0.2) is 4.57 Å². The van der Waals surface area contributed by atoms with E-state index in [1.807, 2.05) is 0 Å². The molecule has 0 radical (unpaired) electrons. The number of hydrogen-bond donors (Lipinski definition) is 3. The maximum absolute atomic E-state index is 10.9. The highest BCUT2D eigenvalue weighted by atomic mass is 31.2. The molecular weight excluding hydrogens is 203 g/mol. The van der Waals surface area contributed by atoms with E-state index in [0.29, 0.717) is 0 Å². The largest absolute Gasteiger partial charge is 0.473 e. The topological polar surface area (TPSA) is 105 Å². The lowest BCUT2D eigenvalue weighted by molar-refractivity contribution is -0.133. The summed E-state index contributed by atoms with van der Waals surface area (Å²) in [6.45, 7) is -0.401. The van der Waals surface area contributed by atoms with Gasteiger partial charge in [0.25, 0.3) is 0 Å². The summed E-state index contributed by atoms with van der Waals surface area (Å²) in [5, 5.41) is 17.9. The third-order valence-electron chi connectivity index (χ3n) is 1.98. The molecule has 13 heavy (non-hydrogen) atoms. The van der Waals surface area contributed by atoms with Crippen molar-refractivity contribution in [2.75, 3.05) is 6.61 Å². The van der Waals surface area contributed by atoms with Crippen LogP contribution in [0.15, 0.2) is 0 Å². The van der Waals surface area contributed by atoms with Crippen molar-refractivity contribution in [3.8, 4) is 0 Å². The van der Waals surface area contributed by atoms with Crippen LogP contribution in [0.25, 0.3) is 0 Å². The average Bonchev–Trinajstić information content (AvgIpc) is 2.47. The Labute approximate surface area is 73.5 Å². The summed E-state index contributed by atoms with van der Waals surface area (Å²) in [5.41, 5.74) is 0. The molecule has 0 bridgehead atoms. The van der Waals surface area contributed by atoms with Crippen LogP contribution in [0.2, 0.25) is 0 Å². The molecule has 8 heteroatoms. The fourth-order valence-electron chi connectivity index (χ4n) is 1.43. The highest BCUT2D eigenvalue weighted by Crippen LogP contribution is 2.56. The van der Waals surface area contributed by atoms with Crippen LogP contribution in [-0.4, -0.2) is 46.3 Å². The second-order valence-electron chi connectivity index (χ2n) is 2.86. The number of aliphatic hydroxyl groups excluding tert-OH is 2. The zero-order valence-corrected chi connectivity index (χ0v) is 7.33. The number of fused-ring (bicyclic) bond motifs is 1. The molecule has 2 rings (SSSR count). The standard InChI is InChI=1S/C5H9O7P/c6-1-2-3-4(5(7)10-2)12-13(8,9)11-3/h2-7H,1H2,(H,8,9)/t2-,3-,4-,5?/m1/s1. The molecule has 0 saturated carbocycles. The molecule has 2 aliphatic rings. The van der Waals surface area contributed by atoms with E-state index in [1.165, 1.54) is 0 Å². The van der Waals surface area contributed by atoms with Crippen molar-refractivity contribution in [1.82, 2.24) is 0 Å². The van der Waals surface area contributed by atoms with E-state index in [4.69, 9.17) is 19.8 Å². The lowest BCUT2D eigenvalue weighted by atomic mass is 10.1. The zero-order chi connectivity index (χ0) is 9.64. The molecular formula is C5H9O7P. The van der Waals surface area contributed by atoms with Gasteiger partial charge in [-0.15, -0.1) is 0 Å². The number of phosphoric ester groups is 1. The van der Waals surface area contributed by atoms with E-state index in [2.05, 4.69) is 9.05 Å². The number of phosphoric acid groups is 1. The van der Waals surface area contributed by atoms with Gasteiger partial charge in [-0.2, -0.15) is 0 Å². The maximum Gasteiger partial charge on any atom is 0.473 e. The number of ether oxygens (including phenoxy) is 1. The van der Waals surface area contributed by atoms with Gasteiger partial charge in [0.2, 0.25) is 0 Å². The zero-order valence-electron chi connectivity index (χ0n) is 6.44. The van der Waals surface area contributed by atoms with Crippen LogP contribution < -0.4 is 0 Å². The molecule has 0 aromatic heterocycles. The molecule has 5 atom stereocenters. The minimum atomic E-state index is -4.06. The van der Waals surface area contributed by atoms with Gasteiger partial charge in [0.15, 0.2) is 6.29 Å². The monoisotopic (exact) mass is 212 g/mol. The van der Waals surface area contributed by atoms with Gasteiger partial charge in [0.05, 0.1) is 6.61 Å². The smallest absolute Gasteiger partial charge is 0.394 e. The van der Waals surface area contributed by atoms with Crippen LogP contribution in [0.1, 0.15) is 0 Å². The van der Waals surface area contributed by atoms with E-state index in [-0.39, 0.29) is 0 Å². The third-order valence-corrected chi connectivity index (χ3v) is 2.99. The van der Waals surface area contributed by atoms with Crippen LogP contribution >= 0.6 is 7.82 Å². The normalized spacial score (nSPS) is 55.3. The van der Waals surface area contributed by atoms with Crippen molar-refractivity contribution in [3.05, 3.63) is 0 Å². The molecule has 0 aromatic carbocycles. The Kier molecular flexibility index (Phi) is 2.20. The van der Waals surface area contributed by atoms with Crippen molar-refractivity contribution in [1.29, 1.82) is 0 Å². The first-order valence-electron chi connectivity index (χ1n) is 3.67. The van der Waals surface area contributed by atoms with Gasteiger partial charge in [0.1, 0.15) is 18.3 Å². The van der Waals surface area contributed by atoms with Crippen molar-refractivity contribution in [3.63, 3.8) is 0 Å². The lowest BCUT2D eigenvalue weighted by Crippen LogP contribution is -2.31. The Morgan fingerprint density at radius 2 is 1.92 bits per heavy atom. The van der Waals surface area contributed by atoms with E-state index in [1.54, 1.807) is 0 Å². The Bertz CT molecular complexity index is 255. The summed E-state index contributed by atoms with van der Waals surface area (Å²) in [5.74, 6) is 0. The quantitative estimate of drug-likeness (QED) is 0.458. The highest BCUT2D eigenvalue weighted by molar-refractivity contribution is 7.47. The van der Waals surface area contributed by atoms with Crippen LogP contribution in [-0.2, 0) is 18.3 Å². The average molecular weight is 212 g/mol. The molecule has 2 aliphatic heterocycles. The molecule has 3 N–H and O–H groups in total. The second-order valence-corrected chi connectivity index (χ2v) is 4.22.